The van der Waals surface area contributed by atoms with E-state index >= 15 is 0 Å². The van der Waals surface area contributed by atoms with Crippen molar-refractivity contribution in [2.24, 2.45) is 5.92 Å². The molecule has 0 unspecified atom stereocenters. The van der Waals surface area contributed by atoms with E-state index in [2.05, 4.69) is 29.4 Å². The summed E-state index contributed by atoms with van der Waals surface area (Å²) in [6.07, 6.45) is 2.57. The van der Waals surface area contributed by atoms with Crippen LogP contribution in [0.4, 0.5) is 5.69 Å². The number of hydrogen-bond donors (Lipinski definition) is 1. The van der Waals surface area contributed by atoms with Crippen LogP contribution in [0.15, 0.2) is 24.3 Å². The Morgan fingerprint density at radius 1 is 1.25 bits per heavy atom. The third kappa shape index (κ3) is 5.02. The summed E-state index contributed by atoms with van der Waals surface area (Å²) in [5.74, 6) is 1.68. The van der Waals surface area contributed by atoms with Crippen LogP contribution in [0, 0.1) is 5.92 Å². The fourth-order valence-electron chi connectivity index (χ4n) is 2.47. The molecule has 2 rings (SSSR count). The molecule has 1 aliphatic rings. The van der Waals surface area contributed by atoms with Gasteiger partial charge in [0, 0.05) is 25.4 Å². The number of ether oxygens (including phenoxy) is 2. The lowest BCUT2D eigenvalue weighted by Crippen LogP contribution is -2.32. The van der Waals surface area contributed by atoms with Gasteiger partial charge in [-0.2, -0.15) is 0 Å². The number of nitrogens with zero attached hydrogens (tertiary/aromatic N) is 1. The summed E-state index contributed by atoms with van der Waals surface area (Å²) in [6, 6.07) is 8.16. The van der Waals surface area contributed by atoms with Gasteiger partial charge in [0.05, 0.1) is 6.61 Å². The minimum absolute atomic E-state index is 0.592. The van der Waals surface area contributed by atoms with Gasteiger partial charge in [-0.05, 0) is 51.0 Å². The molecular weight excluding hydrogens is 252 g/mol. The second-order valence-electron chi connectivity index (χ2n) is 5.50. The van der Waals surface area contributed by atoms with Gasteiger partial charge in [0.25, 0.3) is 0 Å². The summed E-state index contributed by atoms with van der Waals surface area (Å²) in [5, 5.41) is 3.53. The number of likely N-dealkylation sites (tertiary alicyclic amines) is 1. The van der Waals surface area contributed by atoms with Crippen LogP contribution in [-0.2, 0) is 4.74 Å². The zero-order valence-electron chi connectivity index (χ0n) is 12.6. The van der Waals surface area contributed by atoms with Gasteiger partial charge in [0.2, 0.25) is 0 Å². The average molecular weight is 278 g/mol. The highest BCUT2D eigenvalue weighted by molar-refractivity contribution is 5.48. The van der Waals surface area contributed by atoms with E-state index in [4.69, 9.17) is 9.47 Å². The number of benzene rings is 1. The average Bonchev–Trinajstić information content (AvgIpc) is 2.47. The Bertz CT molecular complexity index is 390. The van der Waals surface area contributed by atoms with Gasteiger partial charge in [-0.3, -0.25) is 0 Å². The molecule has 1 aromatic carbocycles. The molecule has 4 heteroatoms. The third-order valence-electron chi connectivity index (χ3n) is 3.82. The van der Waals surface area contributed by atoms with Crippen LogP contribution in [0.5, 0.6) is 5.75 Å². The highest BCUT2D eigenvalue weighted by Crippen LogP contribution is 2.20. The first-order chi connectivity index (χ1) is 9.78. The van der Waals surface area contributed by atoms with Crippen molar-refractivity contribution in [1.29, 1.82) is 0 Å². The van der Waals surface area contributed by atoms with Gasteiger partial charge in [-0.15, -0.1) is 0 Å². The van der Waals surface area contributed by atoms with E-state index in [0.717, 1.165) is 23.9 Å². The van der Waals surface area contributed by atoms with Crippen molar-refractivity contribution in [3.63, 3.8) is 0 Å². The van der Waals surface area contributed by atoms with Gasteiger partial charge >= 0.3 is 0 Å². The van der Waals surface area contributed by atoms with E-state index in [0.29, 0.717) is 13.2 Å². The smallest absolute Gasteiger partial charge is 0.121 e. The zero-order chi connectivity index (χ0) is 14.2. The van der Waals surface area contributed by atoms with Crippen LogP contribution >= 0.6 is 0 Å². The molecule has 0 atom stereocenters. The second-order valence-corrected chi connectivity index (χ2v) is 5.50. The van der Waals surface area contributed by atoms with E-state index in [1.54, 1.807) is 7.11 Å². The van der Waals surface area contributed by atoms with Crippen molar-refractivity contribution in [2.45, 2.75) is 12.8 Å². The van der Waals surface area contributed by atoms with E-state index in [9.17, 15) is 0 Å². The first-order valence-electron chi connectivity index (χ1n) is 7.42. The Kier molecular flexibility index (Phi) is 6.15. The van der Waals surface area contributed by atoms with Crippen molar-refractivity contribution >= 4 is 5.69 Å². The van der Waals surface area contributed by atoms with E-state index < -0.39 is 0 Å². The van der Waals surface area contributed by atoms with Crippen LogP contribution in [-0.4, -0.2) is 51.9 Å². The van der Waals surface area contributed by atoms with Crippen molar-refractivity contribution in [3.05, 3.63) is 24.3 Å². The maximum atomic E-state index is 5.62. The lowest BCUT2D eigenvalue weighted by Gasteiger charge is -2.29. The lowest BCUT2D eigenvalue weighted by atomic mass is 9.97. The molecule has 0 bridgehead atoms. The minimum Gasteiger partial charge on any atom is -0.491 e. The predicted molar refractivity (Wildman–Crippen MR) is 82.5 cm³/mol. The molecule has 0 spiro atoms. The Morgan fingerprint density at radius 2 is 2.05 bits per heavy atom. The molecule has 0 aliphatic carbocycles. The quantitative estimate of drug-likeness (QED) is 0.777. The molecule has 0 aromatic heterocycles. The zero-order valence-corrected chi connectivity index (χ0v) is 12.6. The fourth-order valence-corrected chi connectivity index (χ4v) is 2.47. The Labute approximate surface area is 122 Å². The molecule has 0 radical (unpaired) electrons. The molecule has 1 saturated heterocycles. The normalized spacial score (nSPS) is 17.1. The number of nitrogens with one attached hydrogen (secondary N) is 1. The van der Waals surface area contributed by atoms with E-state index in [1.165, 1.54) is 25.9 Å². The number of methoxy groups -OCH3 is 1. The molecule has 20 heavy (non-hydrogen) atoms. The van der Waals surface area contributed by atoms with Crippen molar-refractivity contribution in [2.75, 3.05) is 52.3 Å². The predicted octanol–water partition coefficient (Wildman–Crippen LogP) is 2.47. The number of hydrogen-bond acceptors (Lipinski definition) is 4. The topological polar surface area (TPSA) is 33.7 Å². The lowest BCUT2D eigenvalue weighted by molar-refractivity contribution is 0.146. The summed E-state index contributed by atoms with van der Waals surface area (Å²) in [6.45, 7) is 4.69. The van der Waals surface area contributed by atoms with Gasteiger partial charge in [0.15, 0.2) is 0 Å². The first kappa shape index (κ1) is 15.1. The second kappa shape index (κ2) is 8.12. The van der Waals surface area contributed by atoms with Crippen LogP contribution in [0.2, 0.25) is 0 Å². The van der Waals surface area contributed by atoms with Crippen LogP contribution in [0.1, 0.15) is 12.8 Å². The van der Waals surface area contributed by atoms with Crippen molar-refractivity contribution in [3.8, 4) is 5.75 Å². The molecule has 1 fully saturated rings. The van der Waals surface area contributed by atoms with Gasteiger partial charge in [0.1, 0.15) is 12.4 Å². The number of piperidine rings is 1. The maximum Gasteiger partial charge on any atom is 0.121 e. The Balaban J connectivity index is 1.76. The largest absolute Gasteiger partial charge is 0.491 e. The molecule has 0 amide bonds. The minimum atomic E-state index is 0.592. The Hall–Kier alpha value is -1.26. The summed E-state index contributed by atoms with van der Waals surface area (Å²) in [4.78, 5) is 2.40. The van der Waals surface area contributed by atoms with Gasteiger partial charge < -0.3 is 19.7 Å². The molecule has 0 saturated carbocycles. The van der Waals surface area contributed by atoms with Crippen molar-refractivity contribution in [1.82, 2.24) is 4.90 Å². The highest BCUT2D eigenvalue weighted by Gasteiger charge is 2.16. The third-order valence-corrected chi connectivity index (χ3v) is 3.82. The van der Waals surface area contributed by atoms with Crippen LogP contribution in [0.25, 0.3) is 0 Å². The van der Waals surface area contributed by atoms with E-state index in [1.807, 2.05) is 12.1 Å². The molecule has 1 heterocycles. The maximum absolute atomic E-state index is 5.62. The molecule has 1 N–H and O–H groups in total. The van der Waals surface area contributed by atoms with E-state index in [-0.39, 0.29) is 0 Å². The number of anilines is 1. The number of rotatable bonds is 7. The van der Waals surface area contributed by atoms with Gasteiger partial charge in [-0.25, -0.2) is 0 Å². The summed E-state index contributed by atoms with van der Waals surface area (Å²) in [5.41, 5.74) is 1.14. The molecule has 112 valence electrons. The van der Waals surface area contributed by atoms with Crippen LogP contribution < -0.4 is 10.1 Å². The fraction of sp³-hybridized carbons (Fsp3) is 0.625. The molecular formula is C16H26N2O2. The Morgan fingerprint density at radius 3 is 2.80 bits per heavy atom. The standard InChI is InChI=1S/C16H26N2O2/c1-18-8-6-14(7-9-18)13-17-15-4-3-5-16(12-15)20-11-10-19-2/h3-5,12,14,17H,6-11,13H2,1-2H3. The summed E-state index contributed by atoms with van der Waals surface area (Å²) in [7, 11) is 3.88. The highest BCUT2D eigenvalue weighted by atomic mass is 16.5. The van der Waals surface area contributed by atoms with Crippen molar-refractivity contribution < 1.29 is 9.47 Å². The monoisotopic (exact) mass is 278 g/mol. The summed E-state index contributed by atoms with van der Waals surface area (Å²) >= 11 is 0. The molecule has 1 aliphatic heterocycles. The van der Waals surface area contributed by atoms with Gasteiger partial charge in [-0.1, -0.05) is 6.07 Å². The van der Waals surface area contributed by atoms with Crippen LogP contribution in [0.3, 0.4) is 0 Å². The SMILES string of the molecule is COCCOc1cccc(NCC2CCN(C)CC2)c1. The summed E-state index contributed by atoms with van der Waals surface area (Å²) < 4.78 is 10.6. The first-order valence-corrected chi connectivity index (χ1v) is 7.42. The molecule has 1 aromatic rings. The molecule has 4 nitrogen and oxygen atoms in total.